The molecule has 170 valence electrons. The summed E-state index contributed by atoms with van der Waals surface area (Å²) in [5.41, 5.74) is 0. The van der Waals surface area contributed by atoms with Gasteiger partial charge in [-0.15, -0.1) is 24.0 Å². The predicted octanol–water partition coefficient (Wildman–Crippen LogP) is 1.51. The molecule has 0 radical (unpaired) electrons. The number of guanidine groups is 1. The van der Waals surface area contributed by atoms with Gasteiger partial charge in [-0.1, -0.05) is 0 Å². The molecule has 4 heterocycles. The van der Waals surface area contributed by atoms with E-state index in [0.29, 0.717) is 44.2 Å². The number of halogens is 1. The van der Waals surface area contributed by atoms with Crippen molar-refractivity contribution in [3.8, 4) is 11.6 Å². The van der Waals surface area contributed by atoms with Gasteiger partial charge in [-0.25, -0.2) is 4.98 Å². The number of ether oxygens (including phenoxy) is 1. The summed E-state index contributed by atoms with van der Waals surface area (Å²) in [6.07, 6.45) is 3.83. The van der Waals surface area contributed by atoms with E-state index >= 15 is 0 Å². The molecule has 1 unspecified atom stereocenters. The molecule has 0 aliphatic carbocycles. The summed E-state index contributed by atoms with van der Waals surface area (Å²) < 4.78 is 10.9. The Bertz CT molecular complexity index is 841. The van der Waals surface area contributed by atoms with Crippen molar-refractivity contribution < 1.29 is 13.9 Å². The first-order valence-corrected chi connectivity index (χ1v) is 10.6. The number of aromatic nitrogens is 3. The van der Waals surface area contributed by atoms with Crippen LogP contribution in [0.1, 0.15) is 25.6 Å². The van der Waals surface area contributed by atoms with Gasteiger partial charge < -0.3 is 24.3 Å². The van der Waals surface area contributed by atoms with Crippen LogP contribution in [-0.4, -0.2) is 88.8 Å². The molecule has 0 saturated carbocycles. The van der Waals surface area contributed by atoms with Crippen LogP contribution in [0.4, 0.5) is 0 Å². The third-order valence-corrected chi connectivity index (χ3v) is 5.31. The van der Waals surface area contributed by atoms with E-state index in [1.54, 1.807) is 6.26 Å². The monoisotopic (exact) mass is 543 g/mol. The molecule has 2 aliphatic rings. The van der Waals surface area contributed by atoms with E-state index in [1.165, 1.54) is 0 Å². The van der Waals surface area contributed by atoms with Gasteiger partial charge in [-0.05, 0) is 31.9 Å². The number of furan rings is 1. The number of nitrogens with one attached hydrogen (secondary N) is 2. The number of amides is 1. The van der Waals surface area contributed by atoms with Gasteiger partial charge in [-0.2, -0.15) is 5.10 Å². The van der Waals surface area contributed by atoms with Crippen molar-refractivity contribution in [3.05, 3.63) is 24.2 Å². The van der Waals surface area contributed by atoms with Crippen molar-refractivity contribution in [2.75, 3.05) is 45.9 Å². The van der Waals surface area contributed by atoms with Gasteiger partial charge in [-0.3, -0.25) is 14.9 Å². The van der Waals surface area contributed by atoms with E-state index in [4.69, 9.17) is 14.1 Å². The number of carbonyl (C=O) groups excluding carboxylic acids is 1. The quantitative estimate of drug-likeness (QED) is 0.323. The summed E-state index contributed by atoms with van der Waals surface area (Å²) in [4.78, 5) is 25.9. The van der Waals surface area contributed by atoms with Crippen LogP contribution in [0.3, 0.4) is 0 Å². The predicted molar refractivity (Wildman–Crippen MR) is 126 cm³/mol. The first kappa shape index (κ1) is 23.5. The maximum atomic E-state index is 12.5. The van der Waals surface area contributed by atoms with Gasteiger partial charge in [0.2, 0.25) is 5.82 Å². The lowest BCUT2D eigenvalue weighted by atomic mass is 10.2. The molecule has 0 bridgehead atoms. The highest BCUT2D eigenvalue weighted by atomic mass is 127. The molecule has 0 aromatic carbocycles. The molecule has 2 aliphatic heterocycles. The fourth-order valence-electron chi connectivity index (χ4n) is 3.73. The molecular formula is C20H30IN7O3. The Balaban J connectivity index is 0.00000272. The number of hydrogen-bond donors (Lipinski definition) is 2. The second-order valence-corrected chi connectivity index (χ2v) is 7.38. The van der Waals surface area contributed by atoms with Gasteiger partial charge in [0, 0.05) is 52.3 Å². The van der Waals surface area contributed by atoms with Crippen LogP contribution in [0.5, 0.6) is 0 Å². The Morgan fingerprint density at radius 2 is 2.13 bits per heavy atom. The normalized spacial score (nSPS) is 19.4. The van der Waals surface area contributed by atoms with Gasteiger partial charge in [0.05, 0.1) is 6.26 Å². The van der Waals surface area contributed by atoms with Gasteiger partial charge in [0.1, 0.15) is 11.9 Å². The SMILES string of the molecule is CCNC(=NCCc1nc(-c2ccco2)n[nH]1)N1CCN(C(=O)C2CCCO2)CC1.I. The van der Waals surface area contributed by atoms with Crippen molar-refractivity contribution in [2.24, 2.45) is 4.99 Å². The highest BCUT2D eigenvalue weighted by Crippen LogP contribution is 2.16. The lowest BCUT2D eigenvalue weighted by Gasteiger charge is -2.37. The maximum Gasteiger partial charge on any atom is 0.251 e. The second kappa shape index (κ2) is 11.5. The van der Waals surface area contributed by atoms with Crippen molar-refractivity contribution >= 4 is 35.8 Å². The highest BCUT2D eigenvalue weighted by Gasteiger charge is 2.30. The molecule has 2 fully saturated rings. The number of H-pyrrole nitrogens is 1. The van der Waals surface area contributed by atoms with Crippen LogP contribution in [0.2, 0.25) is 0 Å². The molecule has 2 N–H and O–H groups in total. The van der Waals surface area contributed by atoms with Gasteiger partial charge >= 0.3 is 0 Å². The van der Waals surface area contributed by atoms with E-state index in [2.05, 4.69) is 32.3 Å². The van der Waals surface area contributed by atoms with E-state index in [-0.39, 0.29) is 36.0 Å². The Kier molecular flexibility index (Phi) is 8.69. The number of piperazine rings is 1. The highest BCUT2D eigenvalue weighted by molar-refractivity contribution is 14.0. The van der Waals surface area contributed by atoms with Crippen LogP contribution < -0.4 is 5.32 Å². The van der Waals surface area contributed by atoms with Gasteiger partial charge in [0.25, 0.3) is 5.91 Å². The summed E-state index contributed by atoms with van der Waals surface area (Å²) in [7, 11) is 0. The first-order chi connectivity index (χ1) is 14.7. The molecule has 2 saturated heterocycles. The summed E-state index contributed by atoms with van der Waals surface area (Å²) in [5.74, 6) is 2.97. The molecule has 31 heavy (non-hydrogen) atoms. The van der Waals surface area contributed by atoms with Crippen LogP contribution in [0.15, 0.2) is 27.8 Å². The summed E-state index contributed by atoms with van der Waals surface area (Å²) in [6.45, 7) is 7.03. The van der Waals surface area contributed by atoms with Crippen molar-refractivity contribution in [1.29, 1.82) is 0 Å². The maximum absolute atomic E-state index is 12.5. The number of carbonyl (C=O) groups is 1. The van der Waals surface area contributed by atoms with Crippen LogP contribution in [0, 0.1) is 0 Å². The number of rotatable bonds is 6. The van der Waals surface area contributed by atoms with E-state index in [9.17, 15) is 4.79 Å². The van der Waals surface area contributed by atoms with Crippen LogP contribution in [0.25, 0.3) is 11.6 Å². The third-order valence-electron chi connectivity index (χ3n) is 5.31. The molecule has 2 aromatic rings. The van der Waals surface area contributed by atoms with E-state index in [1.807, 2.05) is 17.0 Å². The number of nitrogens with zero attached hydrogens (tertiary/aromatic N) is 5. The van der Waals surface area contributed by atoms with Crippen molar-refractivity contribution in [3.63, 3.8) is 0 Å². The van der Waals surface area contributed by atoms with Crippen molar-refractivity contribution in [2.45, 2.75) is 32.3 Å². The van der Waals surface area contributed by atoms with Gasteiger partial charge in [0.15, 0.2) is 11.7 Å². The average molecular weight is 543 g/mol. The molecule has 1 atom stereocenters. The molecule has 0 spiro atoms. The average Bonchev–Trinajstić information content (AvgIpc) is 3.55. The van der Waals surface area contributed by atoms with Crippen molar-refractivity contribution in [1.82, 2.24) is 30.3 Å². The molecule has 1 amide bonds. The fourth-order valence-corrected chi connectivity index (χ4v) is 3.73. The topological polar surface area (TPSA) is 112 Å². The molecule has 2 aromatic heterocycles. The smallest absolute Gasteiger partial charge is 0.251 e. The number of aromatic amines is 1. The zero-order chi connectivity index (χ0) is 20.8. The Labute approximate surface area is 198 Å². The van der Waals surface area contributed by atoms with E-state index in [0.717, 1.165) is 44.3 Å². The molecule has 4 rings (SSSR count). The minimum absolute atomic E-state index is 0. The summed E-state index contributed by atoms with van der Waals surface area (Å²) in [6, 6.07) is 3.64. The number of aliphatic imine (C=N–C) groups is 1. The van der Waals surface area contributed by atoms with Crippen LogP contribution >= 0.6 is 24.0 Å². The third kappa shape index (κ3) is 5.97. The first-order valence-electron chi connectivity index (χ1n) is 10.6. The lowest BCUT2D eigenvalue weighted by Crippen LogP contribution is -2.55. The summed E-state index contributed by atoms with van der Waals surface area (Å²) in [5, 5.41) is 10.5. The number of hydrogen-bond acceptors (Lipinski definition) is 6. The minimum atomic E-state index is -0.244. The Morgan fingerprint density at radius 1 is 1.32 bits per heavy atom. The molecular weight excluding hydrogens is 513 g/mol. The standard InChI is InChI=1S/C20H29N7O3.HI/c1-2-21-20(22-8-7-17-23-18(25-24-17)15-5-3-13-29-15)27-11-9-26(10-12-27)19(28)16-6-4-14-30-16;/h3,5,13,16H,2,4,6-12,14H2,1H3,(H,21,22)(H,23,24,25);1H. The Morgan fingerprint density at radius 3 is 2.81 bits per heavy atom. The zero-order valence-electron chi connectivity index (χ0n) is 17.7. The fraction of sp³-hybridized carbons (Fsp3) is 0.600. The minimum Gasteiger partial charge on any atom is -0.461 e. The molecule has 11 heteroatoms. The lowest BCUT2D eigenvalue weighted by molar-refractivity contribution is -0.142. The van der Waals surface area contributed by atoms with Crippen LogP contribution in [-0.2, 0) is 16.0 Å². The molecule has 10 nitrogen and oxygen atoms in total. The second-order valence-electron chi connectivity index (χ2n) is 7.38. The largest absolute Gasteiger partial charge is 0.461 e. The zero-order valence-corrected chi connectivity index (χ0v) is 20.1. The van der Waals surface area contributed by atoms with E-state index < -0.39 is 0 Å². The Hall–Kier alpha value is -2.15. The summed E-state index contributed by atoms with van der Waals surface area (Å²) >= 11 is 0.